The smallest absolute Gasteiger partial charge is 0.0453 e. The fraction of sp³-hybridized carbons (Fsp3) is 0.455. The maximum atomic E-state index is 5.77. The van der Waals surface area contributed by atoms with Gasteiger partial charge in [0.2, 0.25) is 0 Å². The van der Waals surface area contributed by atoms with Crippen LogP contribution in [0.15, 0.2) is 22.7 Å². The Bertz CT molecular complexity index is 338. The minimum Gasteiger partial charge on any atom is -0.367 e. The number of fused-ring (bicyclic) bond motifs is 1. The van der Waals surface area contributed by atoms with Gasteiger partial charge in [-0.05, 0) is 31.0 Å². The Balaban J connectivity index is 2.42. The molecule has 1 aliphatic rings. The second-order valence-corrected chi connectivity index (χ2v) is 4.47. The average molecular weight is 255 g/mol. The molecule has 0 bridgehead atoms. The van der Waals surface area contributed by atoms with Crippen LogP contribution in [0.5, 0.6) is 0 Å². The number of nitrogens with two attached hydrogens (primary N) is 1. The summed E-state index contributed by atoms with van der Waals surface area (Å²) in [4.78, 5) is 2.39. The molecule has 0 aromatic heterocycles. The summed E-state index contributed by atoms with van der Waals surface area (Å²) in [5.41, 5.74) is 8.52. The predicted octanol–water partition coefficient (Wildman–Crippen LogP) is 2.16. The van der Waals surface area contributed by atoms with E-state index in [2.05, 4.69) is 46.0 Å². The maximum absolute atomic E-state index is 5.77. The highest BCUT2D eigenvalue weighted by atomic mass is 79.9. The molecule has 2 N–H and O–H groups in total. The summed E-state index contributed by atoms with van der Waals surface area (Å²) in [5, 5.41) is 0. The first-order valence-corrected chi connectivity index (χ1v) is 5.81. The lowest BCUT2D eigenvalue weighted by Gasteiger charge is -2.24. The zero-order valence-corrected chi connectivity index (χ0v) is 9.92. The fourth-order valence-electron chi connectivity index (χ4n) is 2.20. The van der Waals surface area contributed by atoms with E-state index in [-0.39, 0.29) is 0 Å². The topological polar surface area (TPSA) is 29.3 Å². The number of halogens is 1. The Morgan fingerprint density at radius 3 is 3.00 bits per heavy atom. The third-order valence-corrected chi connectivity index (χ3v) is 3.64. The summed E-state index contributed by atoms with van der Waals surface area (Å²) in [6.45, 7) is 3.94. The van der Waals surface area contributed by atoms with Crippen LogP contribution in [0.4, 0.5) is 5.69 Å². The van der Waals surface area contributed by atoms with Crippen LogP contribution in [0.2, 0.25) is 0 Å². The van der Waals surface area contributed by atoms with Crippen LogP contribution >= 0.6 is 15.9 Å². The van der Waals surface area contributed by atoms with Crippen molar-refractivity contribution >= 4 is 21.6 Å². The molecule has 0 radical (unpaired) electrons. The molecular formula is C11H15BrN2. The minimum atomic E-state index is 0.480. The minimum absolute atomic E-state index is 0.480. The van der Waals surface area contributed by atoms with Crippen LogP contribution in [-0.4, -0.2) is 19.1 Å². The SMILES string of the molecule is CCN1c2cccc(Br)c2CC1CN. The lowest BCUT2D eigenvalue weighted by atomic mass is 10.1. The molecule has 3 heteroatoms. The van der Waals surface area contributed by atoms with E-state index in [1.807, 2.05) is 0 Å². The highest BCUT2D eigenvalue weighted by molar-refractivity contribution is 9.10. The van der Waals surface area contributed by atoms with E-state index >= 15 is 0 Å². The highest BCUT2D eigenvalue weighted by Gasteiger charge is 2.27. The zero-order chi connectivity index (χ0) is 10.1. The second-order valence-electron chi connectivity index (χ2n) is 3.62. The van der Waals surface area contributed by atoms with Gasteiger partial charge in [-0.1, -0.05) is 22.0 Å². The van der Waals surface area contributed by atoms with Gasteiger partial charge in [0.05, 0.1) is 0 Å². The Hall–Kier alpha value is -0.540. The summed E-state index contributed by atoms with van der Waals surface area (Å²) in [6.07, 6.45) is 1.07. The van der Waals surface area contributed by atoms with E-state index < -0.39 is 0 Å². The Morgan fingerprint density at radius 1 is 1.57 bits per heavy atom. The molecule has 14 heavy (non-hydrogen) atoms. The van der Waals surface area contributed by atoms with E-state index in [4.69, 9.17) is 5.73 Å². The number of likely N-dealkylation sites (N-methyl/N-ethyl adjacent to an activating group) is 1. The van der Waals surface area contributed by atoms with Gasteiger partial charge in [-0.15, -0.1) is 0 Å². The molecule has 0 amide bonds. The zero-order valence-electron chi connectivity index (χ0n) is 8.33. The molecule has 1 heterocycles. The number of rotatable bonds is 2. The molecule has 1 unspecified atom stereocenters. The van der Waals surface area contributed by atoms with Crippen LogP contribution in [-0.2, 0) is 6.42 Å². The molecule has 2 nitrogen and oxygen atoms in total. The van der Waals surface area contributed by atoms with Gasteiger partial charge in [-0.2, -0.15) is 0 Å². The van der Waals surface area contributed by atoms with Gasteiger partial charge in [0.15, 0.2) is 0 Å². The first-order valence-electron chi connectivity index (χ1n) is 5.02. The largest absolute Gasteiger partial charge is 0.367 e. The van der Waals surface area contributed by atoms with Gasteiger partial charge in [-0.25, -0.2) is 0 Å². The molecule has 1 aromatic carbocycles. The molecule has 1 atom stereocenters. The van der Waals surface area contributed by atoms with Crippen LogP contribution < -0.4 is 10.6 Å². The van der Waals surface area contributed by atoms with Crippen LogP contribution in [0, 0.1) is 0 Å². The van der Waals surface area contributed by atoms with E-state index in [0.29, 0.717) is 6.04 Å². The van der Waals surface area contributed by atoms with Crippen molar-refractivity contribution in [3.05, 3.63) is 28.2 Å². The molecular weight excluding hydrogens is 240 g/mol. The number of hydrogen-bond donors (Lipinski definition) is 1. The molecule has 1 aromatic rings. The summed E-state index contributed by atoms with van der Waals surface area (Å²) in [6, 6.07) is 6.85. The Labute approximate surface area is 93.2 Å². The standard InChI is InChI=1S/C11H15BrN2/c1-2-14-8(7-13)6-9-10(12)4-3-5-11(9)14/h3-5,8H,2,6-7,13H2,1H3. The van der Waals surface area contributed by atoms with E-state index in [1.165, 1.54) is 15.7 Å². The number of anilines is 1. The molecule has 0 spiro atoms. The molecule has 0 saturated heterocycles. The fourth-order valence-corrected chi connectivity index (χ4v) is 2.72. The van der Waals surface area contributed by atoms with Gasteiger partial charge >= 0.3 is 0 Å². The summed E-state index contributed by atoms with van der Waals surface area (Å²) < 4.78 is 1.21. The van der Waals surface area contributed by atoms with Crippen LogP contribution in [0.3, 0.4) is 0 Å². The van der Waals surface area contributed by atoms with Crippen LogP contribution in [0.25, 0.3) is 0 Å². The molecule has 1 aliphatic heterocycles. The average Bonchev–Trinajstić information content (AvgIpc) is 2.57. The highest BCUT2D eigenvalue weighted by Crippen LogP contribution is 2.36. The van der Waals surface area contributed by atoms with Crippen molar-refractivity contribution in [2.24, 2.45) is 5.73 Å². The van der Waals surface area contributed by atoms with Gasteiger partial charge in [0.25, 0.3) is 0 Å². The molecule has 76 valence electrons. The third kappa shape index (κ3) is 1.44. The van der Waals surface area contributed by atoms with Crippen molar-refractivity contribution in [1.82, 2.24) is 0 Å². The lowest BCUT2D eigenvalue weighted by Crippen LogP contribution is -2.37. The maximum Gasteiger partial charge on any atom is 0.0453 e. The van der Waals surface area contributed by atoms with Crippen LogP contribution in [0.1, 0.15) is 12.5 Å². The van der Waals surface area contributed by atoms with Gasteiger partial charge < -0.3 is 10.6 Å². The third-order valence-electron chi connectivity index (χ3n) is 2.90. The molecule has 0 aliphatic carbocycles. The van der Waals surface area contributed by atoms with Crippen molar-refractivity contribution in [1.29, 1.82) is 0 Å². The van der Waals surface area contributed by atoms with Crippen molar-refractivity contribution in [2.45, 2.75) is 19.4 Å². The summed E-state index contributed by atoms with van der Waals surface area (Å²) in [7, 11) is 0. The first kappa shape index (κ1) is 9.99. The van der Waals surface area contributed by atoms with Crippen molar-refractivity contribution in [3.63, 3.8) is 0 Å². The quantitative estimate of drug-likeness (QED) is 0.877. The predicted molar refractivity (Wildman–Crippen MR) is 63.7 cm³/mol. The van der Waals surface area contributed by atoms with Gasteiger partial charge in [-0.3, -0.25) is 0 Å². The Kier molecular flexibility index (Phi) is 2.79. The van der Waals surface area contributed by atoms with E-state index in [9.17, 15) is 0 Å². The molecule has 0 saturated carbocycles. The van der Waals surface area contributed by atoms with Crippen molar-refractivity contribution in [2.75, 3.05) is 18.0 Å². The molecule has 2 rings (SSSR count). The second kappa shape index (κ2) is 3.91. The summed E-state index contributed by atoms with van der Waals surface area (Å²) >= 11 is 3.59. The normalized spacial score (nSPS) is 19.9. The number of hydrogen-bond acceptors (Lipinski definition) is 2. The number of nitrogens with zero attached hydrogens (tertiary/aromatic N) is 1. The summed E-state index contributed by atoms with van der Waals surface area (Å²) in [5.74, 6) is 0. The van der Waals surface area contributed by atoms with E-state index in [1.54, 1.807) is 0 Å². The molecule has 0 fully saturated rings. The monoisotopic (exact) mass is 254 g/mol. The van der Waals surface area contributed by atoms with Crippen molar-refractivity contribution in [3.8, 4) is 0 Å². The Morgan fingerprint density at radius 2 is 2.36 bits per heavy atom. The van der Waals surface area contributed by atoms with Gasteiger partial charge in [0, 0.05) is 29.3 Å². The number of benzene rings is 1. The first-order chi connectivity index (χ1) is 6.77. The van der Waals surface area contributed by atoms with Gasteiger partial charge in [0.1, 0.15) is 0 Å². The lowest BCUT2D eigenvalue weighted by molar-refractivity contribution is 0.643. The van der Waals surface area contributed by atoms with Crippen molar-refractivity contribution < 1.29 is 0 Å². The van der Waals surface area contributed by atoms with E-state index in [0.717, 1.165) is 19.5 Å².